The maximum atomic E-state index is 5.34. The predicted octanol–water partition coefficient (Wildman–Crippen LogP) is 2.39. The van der Waals surface area contributed by atoms with E-state index in [-0.39, 0.29) is 0 Å². The van der Waals surface area contributed by atoms with Crippen molar-refractivity contribution in [2.24, 2.45) is 0 Å². The van der Waals surface area contributed by atoms with Crippen molar-refractivity contribution in [2.45, 2.75) is 24.0 Å². The van der Waals surface area contributed by atoms with Gasteiger partial charge in [0.2, 0.25) is 0 Å². The first-order valence-corrected chi connectivity index (χ1v) is 5.23. The van der Waals surface area contributed by atoms with Crippen molar-refractivity contribution in [1.82, 2.24) is 5.32 Å². The van der Waals surface area contributed by atoms with E-state index in [1.165, 1.54) is 6.42 Å². The van der Waals surface area contributed by atoms with Crippen molar-refractivity contribution >= 4 is 11.8 Å². The smallest absolute Gasteiger partial charge is 0.130 e. The van der Waals surface area contributed by atoms with Gasteiger partial charge in [0.25, 0.3) is 0 Å². The molecule has 1 saturated heterocycles. The second kappa shape index (κ2) is 3.54. The minimum atomic E-state index is 0.365. The Bertz CT molecular complexity index is 235. The third-order valence-corrected chi connectivity index (χ3v) is 3.42. The third-order valence-electron chi connectivity index (χ3n) is 2.05. The molecular formula is C9H13NOS. The van der Waals surface area contributed by atoms with Gasteiger partial charge < -0.3 is 4.42 Å². The average Bonchev–Trinajstić information content (AvgIpc) is 2.56. The van der Waals surface area contributed by atoms with Gasteiger partial charge in [-0.25, -0.2) is 0 Å². The van der Waals surface area contributed by atoms with Crippen LogP contribution in [0.4, 0.5) is 0 Å². The molecule has 0 amide bonds. The van der Waals surface area contributed by atoms with Gasteiger partial charge in [-0.15, -0.1) is 11.8 Å². The summed E-state index contributed by atoms with van der Waals surface area (Å²) in [5.41, 5.74) is 0. The monoisotopic (exact) mass is 183 g/mol. The summed E-state index contributed by atoms with van der Waals surface area (Å²) < 4.78 is 5.34. The molecule has 1 aromatic rings. The van der Waals surface area contributed by atoms with Crippen LogP contribution in [0.15, 0.2) is 22.8 Å². The van der Waals surface area contributed by atoms with Crippen molar-refractivity contribution in [3.63, 3.8) is 0 Å². The standard InChI is InChI=1S/C9H13NOS/c1-7-4-5-10-9(12-7)8-3-2-6-11-8/h2-3,6-7,9-10H,4-5H2,1H3. The Morgan fingerprint density at radius 3 is 3.25 bits per heavy atom. The SMILES string of the molecule is CC1CCNC(c2ccco2)S1. The first-order chi connectivity index (χ1) is 5.86. The highest BCUT2D eigenvalue weighted by Crippen LogP contribution is 2.34. The van der Waals surface area contributed by atoms with Gasteiger partial charge in [0, 0.05) is 5.25 Å². The van der Waals surface area contributed by atoms with Gasteiger partial charge >= 0.3 is 0 Å². The van der Waals surface area contributed by atoms with Crippen LogP contribution < -0.4 is 5.32 Å². The summed E-state index contributed by atoms with van der Waals surface area (Å²) in [6.07, 6.45) is 2.98. The fourth-order valence-corrected chi connectivity index (χ4v) is 2.58. The van der Waals surface area contributed by atoms with Gasteiger partial charge in [-0.05, 0) is 25.1 Å². The Labute approximate surface area is 76.7 Å². The number of hydrogen-bond acceptors (Lipinski definition) is 3. The molecule has 0 radical (unpaired) electrons. The second-order valence-electron chi connectivity index (χ2n) is 3.08. The zero-order valence-corrected chi connectivity index (χ0v) is 7.93. The van der Waals surface area contributed by atoms with Crippen LogP contribution in [0.5, 0.6) is 0 Å². The maximum Gasteiger partial charge on any atom is 0.130 e. The van der Waals surface area contributed by atoms with E-state index in [9.17, 15) is 0 Å². The fourth-order valence-electron chi connectivity index (χ4n) is 1.37. The van der Waals surface area contributed by atoms with Crippen LogP contribution in [0.3, 0.4) is 0 Å². The molecule has 0 spiro atoms. The minimum absolute atomic E-state index is 0.365. The van der Waals surface area contributed by atoms with Gasteiger partial charge in [-0.1, -0.05) is 6.92 Å². The Kier molecular flexibility index (Phi) is 2.42. The molecule has 2 rings (SSSR count). The van der Waals surface area contributed by atoms with Gasteiger partial charge in [-0.3, -0.25) is 5.32 Å². The number of nitrogens with one attached hydrogen (secondary N) is 1. The summed E-state index contributed by atoms with van der Waals surface area (Å²) in [7, 11) is 0. The van der Waals surface area contributed by atoms with E-state index < -0.39 is 0 Å². The lowest BCUT2D eigenvalue weighted by molar-refractivity contribution is 0.466. The zero-order valence-electron chi connectivity index (χ0n) is 7.12. The summed E-state index contributed by atoms with van der Waals surface area (Å²) >= 11 is 1.94. The molecule has 1 aliphatic heterocycles. The number of rotatable bonds is 1. The van der Waals surface area contributed by atoms with Gasteiger partial charge in [-0.2, -0.15) is 0 Å². The summed E-state index contributed by atoms with van der Waals surface area (Å²) in [6, 6.07) is 3.97. The molecule has 1 fully saturated rings. The second-order valence-corrected chi connectivity index (χ2v) is 4.63. The first-order valence-electron chi connectivity index (χ1n) is 4.28. The van der Waals surface area contributed by atoms with E-state index in [4.69, 9.17) is 4.42 Å². The van der Waals surface area contributed by atoms with Crippen molar-refractivity contribution in [2.75, 3.05) is 6.54 Å². The highest BCUT2D eigenvalue weighted by molar-refractivity contribution is 8.00. The molecule has 2 atom stereocenters. The van der Waals surface area contributed by atoms with Gasteiger partial charge in [0.15, 0.2) is 0 Å². The highest BCUT2D eigenvalue weighted by Gasteiger charge is 2.21. The molecule has 1 N–H and O–H groups in total. The number of furan rings is 1. The highest BCUT2D eigenvalue weighted by atomic mass is 32.2. The average molecular weight is 183 g/mol. The summed E-state index contributed by atoms with van der Waals surface area (Å²) in [6.45, 7) is 3.36. The van der Waals surface area contributed by atoms with Gasteiger partial charge in [0.1, 0.15) is 11.1 Å². The molecule has 0 aliphatic carbocycles. The van der Waals surface area contributed by atoms with E-state index in [1.807, 2.05) is 23.9 Å². The summed E-state index contributed by atoms with van der Waals surface area (Å²) in [5, 5.41) is 4.52. The Hall–Kier alpha value is -0.410. The van der Waals surface area contributed by atoms with Crippen LogP contribution in [0.1, 0.15) is 24.5 Å². The number of thioether (sulfide) groups is 1. The van der Waals surface area contributed by atoms with Gasteiger partial charge in [0.05, 0.1) is 6.26 Å². The van der Waals surface area contributed by atoms with Crippen LogP contribution in [-0.2, 0) is 0 Å². The lowest BCUT2D eigenvalue weighted by Gasteiger charge is -2.26. The molecule has 1 aromatic heterocycles. The Morgan fingerprint density at radius 1 is 1.67 bits per heavy atom. The molecule has 0 bridgehead atoms. The fraction of sp³-hybridized carbons (Fsp3) is 0.556. The lowest BCUT2D eigenvalue weighted by atomic mass is 10.3. The largest absolute Gasteiger partial charge is 0.467 e. The molecule has 1 aliphatic rings. The maximum absolute atomic E-state index is 5.34. The predicted molar refractivity (Wildman–Crippen MR) is 51.1 cm³/mol. The van der Waals surface area contributed by atoms with E-state index >= 15 is 0 Å². The Balaban J connectivity index is 2.04. The van der Waals surface area contributed by atoms with E-state index in [0.717, 1.165) is 17.6 Å². The zero-order chi connectivity index (χ0) is 8.39. The normalized spacial score (nSPS) is 30.4. The topological polar surface area (TPSA) is 25.2 Å². The molecule has 0 saturated carbocycles. The molecule has 3 heteroatoms. The van der Waals surface area contributed by atoms with Crippen molar-refractivity contribution in [1.29, 1.82) is 0 Å². The summed E-state index contributed by atoms with van der Waals surface area (Å²) in [5.74, 6) is 1.05. The van der Waals surface area contributed by atoms with Crippen LogP contribution in [0.25, 0.3) is 0 Å². The molecule has 12 heavy (non-hydrogen) atoms. The number of hydrogen-bond donors (Lipinski definition) is 1. The van der Waals surface area contributed by atoms with Crippen LogP contribution >= 0.6 is 11.8 Å². The first kappa shape index (κ1) is 8.20. The van der Waals surface area contributed by atoms with Crippen molar-refractivity contribution in [3.05, 3.63) is 24.2 Å². The van der Waals surface area contributed by atoms with Crippen molar-refractivity contribution < 1.29 is 4.42 Å². The lowest BCUT2D eigenvalue weighted by Crippen LogP contribution is -2.28. The summed E-state index contributed by atoms with van der Waals surface area (Å²) in [4.78, 5) is 0. The third kappa shape index (κ3) is 1.67. The van der Waals surface area contributed by atoms with Crippen LogP contribution in [0, 0.1) is 0 Å². The van der Waals surface area contributed by atoms with E-state index in [2.05, 4.69) is 12.2 Å². The van der Waals surface area contributed by atoms with Crippen LogP contribution in [-0.4, -0.2) is 11.8 Å². The minimum Gasteiger partial charge on any atom is -0.467 e. The van der Waals surface area contributed by atoms with Crippen molar-refractivity contribution in [3.8, 4) is 0 Å². The molecule has 66 valence electrons. The van der Waals surface area contributed by atoms with E-state index in [1.54, 1.807) is 6.26 Å². The molecule has 2 heterocycles. The molecular weight excluding hydrogens is 170 g/mol. The quantitative estimate of drug-likeness (QED) is 0.723. The van der Waals surface area contributed by atoms with Crippen LogP contribution in [0.2, 0.25) is 0 Å². The molecule has 0 aromatic carbocycles. The molecule has 2 nitrogen and oxygen atoms in total. The van der Waals surface area contributed by atoms with E-state index in [0.29, 0.717) is 5.37 Å². The Morgan fingerprint density at radius 2 is 2.58 bits per heavy atom. The molecule has 2 unspecified atom stereocenters.